The smallest absolute Gasteiger partial charge is 0.337 e. The fraction of sp³-hybridized carbons (Fsp3) is 0.304. The highest BCUT2D eigenvalue weighted by Crippen LogP contribution is 2.29. The Hall–Kier alpha value is -3.66. The molecule has 0 aliphatic carbocycles. The average molecular weight is 403 g/mol. The lowest BCUT2D eigenvalue weighted by Gasteiger charge is -2.20. The van der Waals surface area contributed by atoms with Crippen molar-refractivity contribution in [2.24, 2.45) is 5.92 Å². The number of hydrogen-bond donors (Lipinski definition) is 3. The lowest BCUT2D eigenvalue weighted by Crippen LogP contribution is -2.14. The number of hydrogen-bond acceptors (Lipinski definition) is 6. The molecule has 0 saturated heterocycles. The van der Waals surface area contributed by atoms with Crippen LogP contribution in [0.1, 0.15) is 54.0 Å². The van der Waals surface area contributed by atoms with E-state index in [4.69, 9.17) is 4.98 Å². The lowest BCUT2D eigenvalue weighted by atomic mass is 10.0. The van der Waals surface area contributed by atoms with Crippen molar-refractivity contribution in [2.75, 3.05) is 17.2 Å². The number of benzene rings is 2. The Kier molecular flexibility index (Phi) is 6.17. The van der Waals surface area contributed by atoms with E-state index in [0.717, 1.165) is 11.1 Å². The molecule has 3 aromatic rings. The summed E-state index contributed by atoms with van der Waals surface area (Å²) in [5.41, 5.74) is 4.19. The molecule has 1 heterocycles. The Morgan fingerprint density at radius 3 is 2.60 bits per heavy atom. The number of fused-ring (bicyclic) bond motifs is 1. The maximum Gasteiger partial charge on any atom is 0.337 e. The number of rotatable bonds is 7. The summed E-state index contributed by atoms with van der Waals surface area (Å²) < 4.78 is 0. The van der Waals surface area contributed by atoms with Crippen molar-refractivity contribution < 1.29 is 9.90 Å². The topological polar surface area (TPSA) is 111 Å². The van der Waals surface area contributed by atoms with E-state index in [-0.39, 0.29) is 17.3 Å². The highest BCUT2D eigenvalue weighted by Gasteiger charge is 2.18. The van der Waals surface area contributed by atoms with E-state index < -0.39 is 5.97 Å². The van der Waals surface area contributed by atoms with Crippen molar-refractivity contribution in [1.82, 2.24) is 9.97 Å². The molecule has 1 atom stereocenters. The third-order valence-corrected chi connectivity index (χ3v) is 4.72. The molecule has 0 radical (unpaired) electrons. The Morgan fingerprint density at radius 2 is 1.93 bits per heavy atom. The number of aromatic carboxylic acids is 1. The Morgan fingerprint density at radius 1 is 1.20 bits per heavy atom. The number of para-hydroxylation sites is 1. The fourth-order valence-electron chi connectivity index (χ4n) is 3.27. The monoisotopic (exact) mass is 403 g/mol. The third kappa shape index (κ3) is 4.49. The molecule has 154 valence electrons. The molecule has 2 aromatic carbocycles. The van der Waals surface area contributed by atoms with Gasteiger partial charge in [-0.15, -0.1) is 0 Å². The summed E-state index contributed by atoms with van der Waals surface area (Å²) in [4.78, 5) is 20.8. The van der Waals surface area contributed by atoms with Crippen LogP contribution in [0.2, 0.25) is 0 Å². The highest BCUT2D eigenvalue weighted by molar-refractivity contribution is 5.94. The van der Waals surface area contributed by atoms with Gasteiger partial charge in [-0.2, -0.15) is 5.26 Å². The molecule has 3 N–H and O–H groups in total. The van der Waals surface area contributed by atoms with Crippen LogP contribution < -0.4 is 10.6 Å². The van der Waals surface area contributed by atoms with E-state index in [1.807, 2.05) is 26.0 Å². The molecule has 0 spiro atoms. The molecular formula is C23H25N5O2. The van der Waals surface area contributed by atoms with Crippen LogP contribution in [-0.2, 0) is 0 Å². The van der Waals surface area contributed by atoms with Gasteiger partial charge in [0.2, 0.25) is 0 Å². The van der Waals surface area contributed by atoms with Crippen LogP contribution in [0.3, 0.4) is 0 Å². The van der Waals surface area contributed by atoms with Gasteiger partial charge < -0.3 is 15.7 Å². The van der Waals surface area contributed by atoms with Gasteiger partial charge in [0.15, 0.2) is 11.5 Å². The summed E-state index contributed by atoms with van der Waals surface area (Å²) >= 11 is 0. The van der Waals surface area contributed by atoms with Crippen LogP contribution in [0.5, 0.6) is 0 Å². The first kappa shape index (κ1) is 21.1. The number of carboxylic acid groups (broad SMARTS) is 1. The van der Waals surface area contributed by atoms with Gasteiger partial charge in [-0.1, -0.05) is 32.0 Å². The van der Waals surface area contributed by atoms with Crippen molar-refractivity contribution in [2.45, 2.75) is 33.7 Å². The normalized spacial score (nSPS) is 11.9. The first-order chi connectivity index (χ1) is 14.3. The quantitative estimate of drug-likeness (QED) is 0.522. The number of carboxylic acids is 1. The van der Waals surface area contributed by atoms with Gasteiger partial charge in [0.05, 0.1) is 22.6 Å². The number of nitrogens with zero attached hydrogens (tertiary/aromatic N) is 3. The van der Waals surface area contributed by atoms with Crippen LogP contribution in [0.25, 0.3) is 11.0 Å². The number of aryl methyl sites for hydroxylation is 1. The van der Waals surface area contributed by atoms with Crippen LogP contribution in [0.4, 0.5) is 11.5 Å². The summed E-state index contributed by atoms with van der Waals surface area (Å²) in [7, 11) is 0. The van der Waals surface area contributed by atoms with Gasteiger partial charge in [0.25, 0.3) is 0 Å². The van der Waals surface area contributed by atoms with Crippen LogP contribution in [-0.4, -0.2) is 27.6 Å². The summed E-state index contributed by atoms with van der Waals surface area (Å²) in [5, 5.41) is 25.5. The van der Waals surface area contributed by atoms with Crippen molar-refractivity contribution >= 4 is 28.5 Å². The molecule has 0 saturated carbocycles. The van der Waals surface area contributed by atoms with Crippen LogP contribution >= 0.6 is 0 Å². The molecule has 0 fully saturated rings. The molecule has 0 bridgehead atoms. The molecule has 7 nitrogen and oxygen atoms in total. The van der Waals surface area contributed by atoms with Gasteiger partial charge in [0.1, 0.15) is 6.07 Å². The van der Waals surface area contributed by atoms with Gasteiger partial charge in [0, 0.05) is 17.8 Å². The van der Waals surface area contributed by atoms with Crippen LogP contribution in [0.15, 0.2) is 36.4 Å². The Balaban J connectivity index is 2.07. The molecular weight excluding hydrogens is 378 g/mol. The minimum atomic E-state index is -0.988. The molecule has 30 heavy (non-hydrogen) atoms. The zero-order valence-corrected chi connectivity index (χ0v) is 17.5. The predicted octanol–water partition coefficient (Wildman–Crippen LogP) is 4.75. The van der Waals surface area contributed by atoms with Crippen molar-refractivity contribution in [1.29, 1.82) is 5.26 Å². The summed E-state index contributed by atoms with van der Waals surface area (Å²) in [5.74, 6) is -0.139. The van der Waals surface area contributed by atoms with E-state index in [1.165, 1.54) is 0 Å². The SMILES string of the molecule is Cc1cc([C@@H](C)Nc2ccccc2C(=O)O)c2nc(NCC(C)C)c(C#N)nc2c1. The standard InChI is InChI=1S/C23H25N5O2/c1-13(2)12-25-22-20(11-24)27-19-10-14(3)9-17(21(19)28-22)15(4)26-18-8-6-5-7-16(18)23(29)30/h5-10,13,15,26H,12H2,1-4H3,(H,25,28)(H,29,30)/t15-/m1/s1. The molecule has 7 heteroatoms. The van der Waals surface area contributed by atoms with E-state index in [9.17, 15) is 15.2 Å². The van der Waals surface area contributed by atoms with Gasteiger partial charge >= 0.3 is 5.97 Å². The number of nitriles is 1. The second kappa shape index (κ2) is 8.78. The number of carbonyl (C=O) groups is 1. The van der Waals surface area contributed by atoms with Crippen molar-refractivity contribution in [3.8, 4) is 6.07 Å². The molecule has 0 aliphatic rings. The Bertz CT molecular complexity index is 1130. The minimum Gasteiger partial charge on any atom is -0.478 e. The maximum absolute atomic E-state index is 11.5. The van der Waals surface area contributed by atoms with E-state index >= 15 is 0 Å². The molecule has 1 aromatic heterocycles. The van der Waals surface area contributed by atoms with Gasteiger partial charge in [-0.05, 0) is 43.5 Å². The largest absolute Gasteiger partial charge is 0.478 e. The highest BCUT2D eigenvalue weighted by atomic mass is 16.4. The number of anilines is 2. The Labute approximate surface area is 175 Å². The van der Waals surface area contributed by atoms with Crippen molar-refractivity contribution in [3.05, 3.63) is 58.8 Å². The van der Waals surface area contributed by atoms with E-state index in [0.29, 0.717) is 35.0 Å². The van der Waals surface area contributed by atoms with Crippen LogP contribution in [0, 0.1) is 24.2 Å². The summed E-state index contributed by atoms with van der Waals surface area (Å²) in [6, 6.07) is 12.6. The molecule has 0 aliphatic heterocycles. The molecule has 0 amide bonds. The zero-order valence-electron chi connectivity index (χ0n) is 17.5. The predicted molar refractivity (Wildman–Crippen MR) is 118 cm³/mol. The van der Waals surface area contributed by atoms with Gasteiger partial charge in [-0.3, -0.25) is 0 Å². The van der Waals surface area contributed by atoms with Gasteiger partial charge in [-0.25, -0.2) is 14.8 Å². The first-order valence-electron chi connectivity index (χ1n) is 9.85. The molecule has 3 rings (SSSR count). The maximum atomic E-state index is 11.5. The fourth-order valence-corrected chi connectivity index (χ4v) is 3.27. The summed E-state index contributed by atoms with van der Waals surface area (Å²) in [6.07, 6.45) is 0. The second-order valence-corrected chi connectivity index (χ2v) is 7.75. The lowest BCUT2D eigenvalue weighted by molar-refractivity contribution is 0.0698. The zero-order chi connectivity index (χ0) is 21.8. The first-order valence-corrected chi connectivity index (χ1v) is 9.85. The number of aromatic nitrogens is 2. The average Bonchev–Trinajstić information content (AvgIpc) is 2.71. The minimum absolute atomic E-state index is 0.207. The third-order valence-electron chi connectivity index (χ3n) is 4.72. The van der Waals surface area contributed by atoms with E-state index in [2.05, 4.69) is 35.5 Å². The molecule has 0 unspecified atom stereocenters. The number of nitrogens with one attached hydrogen (secondary N) is 2. The van der Waals surface area contributed by atoms with Crippen molar-refractivity contribution in [3.63, 3.8) is 0 Å². The summed E-state index contributed by atoms with van der Waals surface area (Å²) in [6.45, 7) is 8.74. The second-order valence-electron chi connectivity index (χ2n) is 7.75. The van der Waals surface area contributed by atoms with E-state index in [1.54, 1.807) is 24.3 Å².